The molecule has 0 bridgehead atoms. The van der Waals surface area contributed by atoms with E-state index in [1.807, 2.05) is 36.1 Å². The predicted octanol–water partition coefficient (Wildman–Crippen LogP) is 2.92. The number of rotatable bonds is 4. The zero-order chi connectivity index (χ0) is 20.5. The van der Waals surface area contributed by atoms with Crippen LogP contribution in [-0.2, 0) is 19.5 Å². The Morgan fingerprint density at radius 2 is 2.00 bits per heavy atom. The Morgan fingerprint density at radius 1 is 1.24 bits per heavy atom. The van der Waals surface area contributed by atoms with Gasteiger partial charge in [0.2, 0.25) is 0 Å². The molecule has 0 spiro atoms. The van der Waals surface area contributed by atoms with Gasteiger partial charge in [0.25, 0.3) is 5.56 Å². The van der Waals surface area contributed by atoms with E-state index in [4.69, 9.17) is 0 Å². The Bertz CT molecular complexity index is 1140. The lowest BCUT2D eigenvalue weighted by Gasteiger charge is -2.27. The van der Waals surface area contributed by atoms with Crippen LogP contribution in [0.25, 0.3) is 11.4 Å². The van der Waals surface area contributed by atoms with Crippen LogP contribution in [0, 0.1) is 17.0 Å². The van der Waals surface area contributed by atoms with Gasteiger partial charge in [-0.25, -0.2) is 4.98 Å². The highest BCUT2D eigenvalue weighted by molar-refractivity contribution is 5.55. The number of hydrogen-bond acceptors (Lipinski definition) is 6. The second-order valence-corrected chi connectivity index (χ2v) is 7.21. The van der Waals surface area contributed by atoms with E-state index in [1.165, 1.54) is 6.07 Å². The van der Waals surface area contributed by atoms with Gasteiger partial charge in [-0.05, 0) is 13.3 Å². The fraction of sp³-hybridized carbons (Fsp3) is 0.238. The second kappa shape index (κ2) is 7.48. The molecular weight excluding hydrogens is 372 g/mol. The fourth-order valence-electron chi connectivity index (χ4n) is 3.57. The molecule has 0 amide bonds. The molecule has 0 aliphatic carbocycles. The molecule has 148 valence electrons. The summed E-state index contributed by atoms with van der Waals surface area (Å²) in [6.07, 6.45) is 0.529. The van der Waals surface area contributed by atoms with Gasteiger partial charge in [0.05, 0.1) is 10.6 Å². The first-order valence-electron chi connectivity index (χ1n) is 9.29. The van der Waals surface area contributed by atoms with Crippen molar-refractivity contribution < 1.29 is 10.0 Å². The molecule has 8 heteroatoms. The molecule has 2 aromatic carbocycles. The van der Waals surface area contributed by atoms with Crippen LogP contribution in [0.15, 0.2) is 47.3 Å². The third kappa shape index (κ3) is 3.74. The Balaban J connectivity index is 1.61. The van der Waals surface area contributed by atoms with Crippen LogP contribution >= 0.6 is 0 Å². The first kappa shape index (κ1) is 18.8. The summed E-state index contributed by atoms with van der Waals surface area (Å²) in [4.78, 5) is 32.5. The van der Waals surface area contributed by atoms with Gasteiger partial charge in [0.15, 0.2) is 5.75 Å². The molecule has 2 N–H and O–H groups in total. The predicted molar refractivity (Wildman–Crippen MR) is 108 cm³/mol. The average molecular weight is 392 g/mol. The van der Waals surface area contributed by atoms with E-state index >= 15 is 0 Å². The molecule has 1 aliphatic rings. The Labute approximate surface area is 166 Å². The number of aromatic hydroxyl groups is 1. The number of benzene rings is 2. The van der Waals surface area contributed by atoms with Crippen LogP contribution in [0.5, 0.6) is 5.75 Å². The molecule has 0 saturated carbocycles. The minimum Gasteiger partial charge on any atom is -0.502 e. The smallest absolute Gasteiger partial charge is 0.311 e. The number of aromatic nitrogens is 2. The second-order valence-electron chi connectivity index (χ2n) is 7.21. The molecular formula is C21H20N4O4. The van der Waals surface area contributed by atoms with Crippen LogP contribution in [0.2, 0.25) is 0 Å². The lowest BCUT2D eigenvalue weighted by molar-refractivity contribution is -0.385. The minimum atomic E-state index is -0.598. The van der Waals surface area contributed by atoms with E-state index in [-0.39, 0.29) is 17.0 Å². The van der Waals surface area contributed by atoms with E-state index in [1.54, 1.807) is 12.1 Å². The number of nitrogens with zero attached hydrogens (tertiary/aromatic N) is 3. The molecule has 0 saturated heterocycles. The van der Waals surface area contributed by atoms with E-state index in [9.17, 15) is 20.0 Å². The molecule has 8 nitrogen and oxygen atoms in total. The van der Waals surface area contributed by atoms with E-state index < -0.39 is 4.92 Å². The number of nitrogens with one attached hydrogen (secondary N) is 1. The van der Waals surface area contributed by atoms with Gasteiger partial charge in [-0.1, -0.05) is 42.0 Å². The van der Waals surface area contributed by atoms with Crippen molar-refractivity contribution in [3.8, 4) is 17.1 Å². The maximum atomic E-state index is 12.5. The van der Waals surface area contributed by atoms with Gasteiger partial charge < -0.3 is 10.1 Å². The molecule has 0 radical (unpaired) electrons. The standard InChI is InChI=1S/C21H20N4O4/c1-13-5-7-14(8-6-13)20-22-17-12-24(10-9-16(17)21(27)23-20)11-15-3-2-4-18(19(15)26)25(28)29/h2-8,26H,9-12H2,1H3,(H,22,23,27). The summed E-state index contributed by atoms with van der Waals surface area (Å²) >= 11 is 0. The summed E-state index contributed by atoms with van der Waals surface area (Å²) in [6.45, 7) is 3.36. The van der Waals surface area contributed by atoms with Gasteiger partial charge in [0.1, 0.15) is 5.82 Å². The van der Waals surface area contributed by atoms with Crippen molar-refractivity contribution in [2.75, 3.05) is 6.54 Å². The van der Waals surface area contributed by atoms with Gasteiger partial charge in [-0.15, -0.1) is 0 Å². The molecule has 4 rings (SSSR count). The van der Waals surface area contributed by atoms with Crippen molar-refractivity contribution >= 4 is 5.69 Å². The summed E-state index contributed by atoms with van der Waals surface area (Å²) in [6, 6.07) is 12.3. The maximum Gasteiger partial charge on any atom is 0.311 e. The van der Waals surface area contributed by atoms with Gasteiger partial charge in [0, 0.05) is 42.4 Å². The number of aromatic amines is 1. The number of para-hydroxylation sites is 1. The Morgan fingerprint density at radius 3 is 2.72 bits per heavy atom. The number of fused-ring (bicyclic) bond motifs is 1. The van der Waals surface area contributed by atoms with Crippen LogP contribution in [0.4, 0.5) is 5.69 Å². The maximum absolute atomic E-state index is 12.5. The summed E-state index contributed by atoms with van der Waals surface area (Å²) < 4.78 is 0. The Hall–Kier alpha value is -3.52. The van der Waals surface area contributed by atoms with E-state index in [0.29, 0.717) is 48.7 Å². The zero-order valence-corrected chi connectivity index (χ0v) is 15.9. The van der Waals surface area contributed by atoms with E-state index in [2.05, 4.69) is 9.97 Å². The zero-order valence-electron chi connectivity index (χ0n) is 15.9. The number of hydrogen-bond donors (Lipinski definition) is 2. The highest BCUT2D eigenvalue weighted by Crippen LogP contribution is 2.31. The van der Waals surface area contributed by atoms with Crippen LogP contribution in [0.3, 0.4) is 0 Å². The largest absolute Gasteiger partial charge is 0.502 e. The molecule has 3 aromatic rings. The van der Waals surface area contributed by atoms with Crippen LogP contribution in [0.1, 0.15) is 22.4 Å². The van der Waals surface area contributed by atoms with Crippen molar-refractivity contribution in [3.05, 3.63) is 85.3 Å². The highest BCUT2D eigenvalue weighted by Gasteiger charge is 2.24. The van der Waals surface area contributed by atoms with Crippen molar-refractivity contribution in [2.45, 2.75) is 26.4 Å². The molecule has 29 heavy (non-hydrogen) atoms. The lowest BCUT2D eigenvalue weighted by Crippen LogP contribution is -2.35. The molecule has 2 heterocycles. The first-order valence-corrected chi connectivity index (χ1v) is 9.29. The van der Waals surface area contributed by atoms with Crippen LogP contribution in [-0.4, -0.2) is 31.4 Å². The summed E-state index contributed by atoms with van der Waals surface area (Å²) in [7, 11) is 0. The number of aryl methyl sites for hydroxylation is 1. The molecule has 0 fully saturated rings. The van der Waals surface area contributed by atoms with Crippen molar-refractivity contribution in [3.63, 3.8) is 0 Å². The summed E-state index contributed by atoms with van der Waals surface area (Å²) in [5.74, 6) is 0.205. The fourth-order valence-corrected chi connectivity index (χ4v) is 3.57. The normalized spacial score (nSPS) is 13.8. The minimum absolute atomic E-state index is 0.136. The molecule has 0 atom stereocenters. The van der Waals surface area contributed by atoms with Gasteiger partial charge in [-0.2, -0.15) is 0 Å². The van der Waals surface area contributed by atoms with Crippen molar-refractivity contribution in [2.24, 2.45) is 0 Å². The number of nitro benzene ring substituents is 1. The third-order valence-electron chi connectivity index (χ3n) is 5.17. The Kier molecular flexibility index (Phi) is 4.85. The molecule has 1 aromatic heterocycles. The monoisotopic (exact) mass is 392 g/mol. The number of phenols is 1. The van der Waals surface area contributed by atoms with Crippen LogP contribution < -0.4 is 5.56 Å². The number of H-pyrrole nitrogens is 1. The highest BCUT2D eigenvalue weighted by atomic mass is 16.6. The third-order valence-corrected chi connectivity index (χ3v) is 5.17. The molecule has 0 unspecified atom stereocenters. The average Bonchev–Trinajstić information content (AvgIpc) is 2.69. The summed E-state index contributed by atoms with van der Waals surface area (Å²) in [5.41, 5.74) is 3.35. The number of phenolic OH excluding ortho intramolecular Hbond substituents is 1. The first-order chi connectivity index (χ1) is 13.9. The van der Waals surface area contributed by atoms with E-state index in [0.717, 1.165) is 11.1 Å². The van der Waals surface area contributed by atoms with Crippen molar-refractivity contribution in [1.29, 1.82) is 0 Å². The summed E-state index contributed by atoms with van der Waals surface area (Å²) in [5, 5.41) is 21.2. The number of nitro groups is 1. The molecule has 1 aliphatic heterocycles. The lowest BCUT2D eigenvalue weighted by atomic mass is 10.0. The van der Waals surface area contributed by atoms with Gasteiger partial charge in [-0.3, -0.25) is 19.8 Å². The van der Waals surface area contributed by atoms with Gasteiger partial charge >= 0.3 is 5.69 Å². The topological polar surface area (TPSA) is 112 Å². The quantitative estimate of drug-likeness (QED) is 0.521. The van der Waals surface area contributed by atoms with Crippen molar-refractivity contribution in [1.82, 2.24) is 14.9 Å². The SMILES string of the molecule is Cc1ccc(-c2nc3c(c(=O)[nH]2)CCN(Cc2cccc([N+](=O)[O-])c2O)C3)cc1.